The zero-order valence-corrected chi connectivity index (χ0v) is 22.4. The molecular formula is C28H33N3O5S. The minimum atomic E-state index is -3.83. The largest absolute Gasteiger partial charge is 0.497 e. The number of benzene rings is 3. The van der Waals surface area contributed by atoms with Crippen LogP contribution in [0.2, 0.25) is 0 Å². The highest BCUT2D eigenvalue weighted by Gasteiger charge is 2.32. The first kappa shape index (κ1) is 27.7. The molecule has 0 bridgehead atoms. The summed E-state index contributed by atoms with van der Waals surface area (Å²) in [6.45, 7) is 1.61. The third-order valence-corrected chi connectivity index (χ3v) is 7.28. The normalized spacial score (nSPS) is 11.9. The van der Waals surface area contributed by atoms with Gasteiger partial charge in [0.25, 0.3) is 0 Å². The molecule has 3 rings (SSSR count). The van der Waals surface area contributed by atoms with Gasteiger partial charge in [-0.15, -0.1) is 0 Å². The molecule has 0 saturated carbocycles. The quantitative estimate of drug-likeness (QED) is 0.417. The Morgan fingerprint density at radius 1 is 0.973 bits per heavy atom. The van der Waals surface area contributed by atoms with E-state index in [1.165, 1.54) is 19.1 Å². The van der Waals surface area contributed by atoms with Gasteiger partial charge in [-0.05, 0) is 35.7 Å². The van der Waals surface area contributed by atoms with E-state index in [0.29, 0.717) is 11.4 Å². The van der Waals surface area contributed by atoms with E-state index < -0.39 is 28.5 Å². The van der Waals surface area contributed by atoms with Crippen molar-refractivity contribution in [1.82, 2.24) is 10.2 Å². The topological polar surface area (TPSA) is 96.0 Å². The zero-order chi connectivity index (χ0) is 27.0. The van der Waals surface area contributed by atoms with E-state index in [-0.39, 0.29) is 18.9 Å². The first-order chi connectivity index (χ1) is 17.6. The van der Waals surface area contributed by atoms with Crippen LogP contribution in [-0.2, 0) is 32.6 Å². The minimum Gasteiger partial charge on any atom is -0.497 e. The van der Waals surface area contributed by atoms with E-state index in [0.717, 1.165) is 27.3 Å². The molecule has 3 aromatic rings. The maximum absolute atomic E-state index is 13.9. The molecule has 0 aliphatic rings. The Morgan fingerprint density at radius 2 is 1.65 bits per heavy atom. The number of amides is 2. The van der Waals surface area contributed by atoms with Crippen molar-refractivity contribution in [1.29, 1.82) is 0 Å². The monoisotopic (exact) mass is 523 g/mol. The molecule has 8 nitrogen and oxygen atoms in total. The van der Waals surface area contributed by atoms with Gasteiger partial charge in [0.05, 0.1) is 19.1 Å². The molecule has 0 saturated heterocycles. The molecule has 0 radical (unpaired) electrons. The van der Waals surface area contributed by atoms with Gasteiger partial charge in [0.2, 0.25) is 21.8 Å². The highest BCUT2D eigenvalue weighted by molar-refractivity contribution is 7.92. The number of rotatable bonds is 11. The maximum atomic E-state index is 13.9. The summed E-state index contributed by atoms with van der Waals surface area (Å²) in [7, 11) is -0.827. The standard InChI is InChI=1S/C28H33N3O5S/c1-21-11-8-9-14-23(21)19-30(26(28(33)29-2)17-22-12-6-5-7-13-22)27(32)20-31(37(4,34)35)24-15-10-16-25(18-24)36-3/h5-16,18,26H,17,19-20H2,1-4H3,(H,29,33)/t26-/m0/s1. The van der Waals surface area contributed by atoms with Gasteiger partial charge in [0.15, 0.2) is 0 Å². The first-order valence-electron chi connectivity index (χ1n) is 11.8. The van der Waals surface area contributed by atoms with Crippen molar-refractivity contribution in [3.05, 3.63) is 95.6 Å². The smallest absolute Gasteiger partial charge is 0.244 e. The maximum Gasteiger partial charge on any atom is 0.244 e. The molecule has 0 heterocycles. The predicted octanol–water partition coefficient (Wildman–Crippen LogP) is 3.16. The molecule has 196 valence electrons. The van der Waals surface area contributed by atoms with Crippen LogP contribution in [0.15, 0.2) is 78.9 Å². The number of nitrogens with one attached hydrogen (secondary N) is 1. The van der Waals surface area contributed by atoms with Gasteiger partial charge in [0.1, 0.15) is 18.3 Å². The number of likely N-dealkylation sites (N-methyl/N-ethyl adjacent to an activating group) is 1. The number of methoxy groups -OCH3 is 1. The van der Waals surface area contributed by atoms with E-state index in [1.54, 1.807) is 24.3 Å². The average molecular weight is 524 g/mol. The lowest BCUT2D eigenvalue weighted by atomic mass is 10.0. The fourth-order valence-electron chi connectivity index (χ4n) is 4.07. The second-order valence-corrected chi connectivity index (χ2v) is 10.6. The Hall–Kier alpha value is -3.85. The third kappa shape index (κ3) is 7.33. The minimum absolute atomic E-state index is 0.145. The Balaban J connectivity index is 2.04. The summed E-state index contributed by atoms with van der Waals surface area (Å²) in [5, 5.41) is 2.67. The van der Waals surface area contributed by atoms with E-state index in [4.69, 9.17) is 4.74 Å². The van der Waals surface area contributed by atoms with Crippen LogP contribution >= 0.6 is 0 Å². The van der Waals surface area contributed by atoms with E-state index >= 15 is 0 Å². The molecule has 9 heteroatoms. The van der Waals surface area contributed by atoms with Crippen molar-refractivity contribution in [2.24, 2.45) is 0 Å². The molecule has 2 amide bonds. The fraction of sp³-hybridized carbons (Fsp3) is 0.286. The number of carbonyl (C=O) groups excluding carboxylic acids is 2. The summed E-state index contributed by atoms with van der Waals surface area (Å²) in [6.07, 6.45) is 1.32. The lowest BCUT2D eigenvalue weighted by Gasteiger charge is -2.33. The fourth-order valence-corrected chi connectivity index (χ4v) is 4.91. The van der Waals surface area contributed by atoms with Crippen molar-refractivity contribution < 1.29 is 22.7 Å². The van der Waals surface area contributed by atoms with Crippen LogP contribution in [0.25, 0.3) is 0 Å². The van der Waals surface area contributed by atoms with Crippen molar-refractivity contribution in [3.8, 4) is 5.75 Å². The lowest BCUT2D eigenvalue weighted by Crippen LogP contribution is -2.53. The summed E-state index contributed by atoms with van der Waals surface area (Å²) < 4.78 is 31.9. The molecule has 0 fully saturated rings. The number of ether oxygens (including phenoxy) is 1. The molecule has 0 unspecified atom stereocenters. The third-order valence-electron chi connectivity index (χ3n) is 6.14. The molecule has 1 atom stereocenters. The molecular weight excluding hydrogens is 490 g/mol. The number of aryl methyl sites for hydroxylation is 1. The van der Waals surface area contributed by atoms with Crippen LogP contribution < -0.4 is 14.4 Å². The number of nitrogens with zero attached hydrogens (tertiary/aromatic N) is 2. The molecule has 0 aromatic heterocycles. The first-order valence-corrected chi connectivity index (χ1v) is 13.7. The van der Waals surface area contributed by atoms with E-state index in [2.05, 4.69) is 5.32 Å². The van der Waals surface area contributed by atoms with Gasteiger partial charge >= 0.3 is 0 Å². The van der Waals surface area contributed by atoms with Crippen LogP contribution in [0.1, 0.15) is 16.7 Å². The number of sulfonamides is 1. The second kappa shape index (κ2) is 12.4. The number of carbonyl (C=O) groups is 2. The Morgan fingerprint density at radius 3 is 2.27 bits per heavy atom. The zero-order valence-electron chi connectivity index (χ0n) is 21.5. The van der Waals surface area contributed by atoms with Crippen molar-refractivity contribution in [2.45, 2.75) is 25.9 Å². The average Bonchev–Trinajstić information content (AvgIpc) is 2.89. The molecule has 37 heavy (non-hydrogen) atoms. The molecule has 1 N–H and O–H groups in total. The van der Waals surface area contributed by atoms with Crippen molar-refractivity contribution >= 4 is 27.5 Å². The summed E-state index contributed by atoms with van der Waals surface area (Å²) >= 11 is 0. The van der Waals surface area contributed by atoms with Crippen molar-refractivity contribution in [2.75, 3.05) is 31.3 Å². The summed E-state index contributed by atoms with van der Waals surface area (Å²) in [4.78, 5) is 28.5. The van der Waals surface area contributed by atoms with Gasteiger partial charge in [-0.25, -0.2) is 8.42 Å². The van der Waals surface area contributed by atoms with Gasteiger partial charge in [-0.3, -0.25) is 13.9 Å². The van der Waals surface area contributed by atoms with Gasteiger partial charge < -0.3 is 15.0 Å². The summed E-state index contributed by atoms with van der Waals surface area (Å²) in [5.41, 5.74) is 3.01. The van der Waals surface area contributed by atoms with Crippen LogP contribution in [0.4, 0.5) is 5.69 Å². The Bertz CT molecular complexity index is 1330. The van der Waals surface area contributed by atoms with Crippen LogP contribution in [0.3, 0.4) is 0 Å². The van der Waals surface area contributed by atoms with Crippen LogP contribution in [0, 0.1) is 6.92 Å². The second-order valence-electron chi connectivity index (χ2n) is 8.74. The molecule has 0 aliphatic heterocycles. The Kier molecular flexibility index (Phi) is 9.30. The lowest BCUT2D eigenvalue weighted by molar-refractivity contribution is -0.139. The van der Waals surface area contributed by atoms with E-state index in [1.807, 2.05) is 61.5 Å². The molecule has 0 aliphatic carbocycles. The van der Waals surface area contributed by atoms with Gasteiger partial charge in [-0.2, -0.15) is 0 Å². The molecule has 0 spiro atoms. The van der Waals surface area contributed by atoms with Crippen molar-refractivity contribution in [3.63, 3.8) is 0 Å². The van der Waals surface area contributed by atoms with Crippen LogP contribution in [-0.4, -0.2) is 58.1 Å². The highest BCUT2D eigenvalue weighted by Crippen LogP contribution is 2.24. The predicted molar refractivity (Wildman–Crippen MR) is 145 cm³/mol. The Labute approximate surface area is 218 Å². The number of anilines is 1. The molecule has 3 aromatic carbocycles. The summed E-state index contributed by atoms with van der Waals surface area (Å²) in [6, 6.07) is 22.7. The van der Waals surface area contributed by atoms with Crippen LogP contribution in [0.5, 0.6) is 5.75 Å². The number of hydrogen-bond acceptors (Lipinski definition) is 5. The van der Waals surface area contributed by atoms with Gasteiger partial charge in [0, 0.05) is 26.1 Å². The summed E-state index contributed by atoms with van der Waals surface area (Å²) in [5.74, 6) is -0.373. The SMILES string of the molecule is CNC(=O)[C@H](Cc1ccccc1)N(Cc1ccccc1C)C(=O)CN(c1cccc(OC)c1)S(C)(=O)=O. The number of hydrogen-bond donors (Lipinski definition) is 1. The highest BCUT2D eigenvalue weighted by atomic mass is 32.2. The van der Waals surface area contributed by atoms with Gasteiger partial charge in [-0.1, -0.05) is 60.7 Å². The van der Waals surface area contributed by atoms with E-state index in [9.17, 15) is 18.0 Å².